The molecular formula is C10H18N4O. The molecule has 5 heteroatoms. The van der Waals surface area contributed by atoms with Gasteiger partial charge in [-0.25, -0.2) is 9.97 Å². The second kappa shape index (κ2) is 6.31. The van der Waals surface area contributed by atoms with Crippen LogP contribution in [0.15, 0.2) is 12.5 Å². The van der Waals surface area contributed by atoms with Crippen molar-refractivity contribution in [1.29, 1.82) is 0 Å². The third-order valence-corrected chi connectivity index (χ3v) is 2.19. The predicted octanol–water partition coefficient (Wildman–Crippen LogP) is 0.355. The first-order valence-corrected chi connectivity index (χ1v) is 5.01. The van der Waals surface area contributed by atoms with Crippen LogP contribution in [-0.4, -0.2) is 37.2 Å². The van der Waals surface area contributed by atoms with Gasteiger partial charge in [0, 0.05) is 30.9 Å². The number of nitrogens with one attached hydrogen (secondary N) is 2. The van der Waals surface area contributed by atoms with Gasteiger partial charge < -0.3 is 15.4 Å². The molecule has 1 atom stereocenters. The van der Waals surface area contributed by atoms with Gasteiger partial charge >= 0.3 is 0 Å². The standard InChI is InChI=1S/C10H18N4O/c1-8(13-5-4-11-2)9-6-12-7-14-10(9)15-3/h6-8,11,13H,4-5H2,1-3H3. The van der Waals surface area contributed by atoms with Gasteiger partial charge in [0.2, 0.25) is 5.88 Å². The van der Waals surface area contributed by atoms with Crippen molar-refractivity contribution in [3.63, 3.8) is 0 Å². The largest absolute Gasteiger partial charge is 0.481 e. The van der Waals surface area contributed by atoms with E-state index in [2.05, 4.69) is 27.5 Å². The van der Waals surface area contributed by atoms with E-state index in [1.54, 1.807) is 13.3 Å². The first-order valence-electron chi connectivity index (χ1n) is 5.01. The van der Waals surface area contributed by atoms with Gasteiger partial charge in [-0.2, -0.15) is 0 Å². The van der Waals surface area contributed by atoms with Crippen LogP contribution in [-0.2, 0) is 0 Å². The maximum atomic E-state index is 5.17. The van der Waals surface area contributed by atoms with E-state index in [0.717, 1.165) is 18.7 Å². The number of rotatable bonds is 6. The van der Waals surface area contributed by atoms with Crippen LogP contribution in [0.4, 0.5) is 0 Å². The van der Waals surface area contributed by atoms with Gasteiger partial charge in [-0.3, -0.25) is 0 Å². The molecule has 84 valence electrons. The summed E-state index contributed by atoms with van der Waals surface area (Å²) in [4.78, 5) is 8.05. The summed E-state index contributed by atoms with van der Waals surface area (Å²) in [5.74, 6) is 0.634. The van der Waals surface area contributed by atoms with Crippen LogP contribution in [0.2, 0.25) is 0 Å². The summed E-state index contributed by atoms with van der Waals surface area (Å²) in [6.45, 7) is 3.90. The molecule has 0 amide bonds. The molecule has 5 nitrogen and oxygen atoms in total. The Morgan fingerprint density at radius 3 is 2.93 bits per heavy atom. The fourth-order valence-electron chi connectivity index (χ4n) is 1.32. The smallest absolute Gasteiger partial charge is 0.220 e. The quantitative estimate of drug-likeness (QED) is 0.664. The lowest BCUT2D eigenvalue weighted by Crippen LogP contribution is -2.27. The average molecular weight is 210 g/mol. The monoisotopic (exact) mass is 210 g/mol. The van der Waals surface area contributed by atoms with Gasteiger partial charge in [-0.15, -0.1) is 0 Å². The van der Waals surface area contributed by atoms with Crippen LogP contribution < -0.4 is 15.4 Å². The summed E-state index contributed by atoms with van der Waals surface area (Å²) in [6, 6.07) is 0.189. The Hall–Kier alpha value is -1.20. The van der Waals surface area contributed by atoms with Crippen molar-refractivity contribution in [3.05, 3.63) is 18.1 Å². The zero-order valence-electron chi connectivity index (χ0n) is 9.45. The normalized spacial score (nSPS) is 12.5. The molecule has 0 aliphatic heterocycles. The number of likely N-dealkylation sites (N-methyl/N-ethyl adjacent to an activating group) is 1. The highest BCUT2D eigenvalue weighted by atomic mass is 16.5. The fraction of sp³-hybridized carbons (Fsp3) is 0.600. The predicted molar refractivity (Wildman–Crippen MR) is 58.9 cm³/mol. The van der Waals surface area contributed by atoms with E-state index in [1.807, 2.05) is 7.05 Å². The zero-order valence-corrected chi connectivity index (χ0v) is 9.45. The van der Waals surface area contributed by atoms with Gasteiger partial charge in [0.05, 0.1) is 7.11 Å². The Bertz CT molecular complexity index is 293. The molecule has 0 aromatic carbocycles. The van der Waals surface area contributed by atoms with Crippen molar-refractivity contribution < 1.29 is 4.74 Å². The molecule has 0 bridgehead atoms. The number of methoxy groups -OCH3 is 1. The first kappa shape index (κ1) is 11.9. The van der Waals surface area contributed by atoms with Gasteiger partial charge in [0.25, 0.3) is 0 Å². The molecule has 0 aliphatic carbocycles. The molecule has 0 saturated heterocycles. The van der Waals surface area contributed by atoms with Crippen LogP contribution in [0.3, 0.4) is 0 Å². The second-order valence-electron chi connectivity index (χ2n) is 3.27. The Morgan fingerprint density at radius 2 is 2.27 bits per heavy atom. The molecule has 1 heterocycles. The Balaban J connectivity index is 2.59. The van der Waals surface area contributed by atoms with Crippen molar-refractivity contribution in [1.82, 2.24) is 20.6 Å². The highest BCUT2D eigenvalue weighted by molar-refractivity contribution is 5.25. The molecular weight excluding hydrogens is 192 g/mol. The minimum Gasteiger partial charge on any atom is -0.481 e. The maximum absolute atomic E-state index is 5.17. The number of nitrogens with zero attached hydrogens (tertiary/aromatic N) is 2. The lowest BCUT2D eigenvalue weighted by atomic mass is 10.1. The van der Waals surface area contributed by atoms with Gasteiger partial charge in [0.15, 0.2) is 0 Å². The summed E-state index contributed by atoms with van der Waals surface area (Å²) >= 11 is 0. The SMILES string of the molecule is CNCCNC(C)c1cncnc1OC. The topological polar surface area (TPSA) is 59.1 Å². The minimum atomic E-state index is 0.189. The molecule has 0 aliphatic rings. The van der Waals surface area contributed by atoms with E-state index >= 15 is 0 Å². The van der Waals surface area contributed by atoms with Crippen LogP contribution in [0.1, 0.15) is 18.5 Å². The lowest BCUT2D eigenvalue weighted by molar-refractivity contribution is 0.383. The summed E-state index contributed by atoms with van der Waals surface area (Å²) in [5.41, 5.74) is 0.983. The van der Waals surface area contributed by atoms with E-state index in [-0.39, 0.29) is 6.04 Å². The third kappa shape index (κ3) is 3.45. The number of hydrogen-bond acceptors (Lipinski definition) is 5. The lowest BCUT2D eigenvalue weighted by Gasteiger charge is -2.15. The molecule has 1 rings (SSSR count). The first-order chi connectivity index (χ1) is 7.29. The zero-order chi connectivity index (χ0) is 11.1. The highest BCUT2D eigenvalue weighted by Crippen LogP contribution is 2.20. The molecule has 0 fully saturated rings. The number of aromatic nitrogens is 2. The van der Waals surface area contributed by atoms with E-state index in [1.165, 1.54) is 6.33 Å². The average Bonchev–Trinajstić information content (AvgIpc) is 2.29. The Labute approximate surface area is 90.3 Å². The number of ether oxygens (including phenoxy) is 1. The molecule has 0 radical (unpaired) electrons. The van der Waals surface area contributed by atoms with E-state index < -0.39 is 0 Å². The van der Waals surface area contributed by atoms with Crippen LogP contribution in [0.25, 0.3) is 0 Å². The van der Waals surface area contributed by atoms with Crippen molar-refractivity contribution >= 4 is 0 Å². The molecule has 1 aromatic heterocycles. The van der Waals surface area contributed by atoms with Gasteiger partial charge in [0.1, 0.15) is 6.33 Å². The van der Waals surface area contributed by atoms with Crippen molar-refractivity contribution in [2.75, 3.05) is 27.2 Å². The molecule has 1 aromatic rings. The fourth-order valence-corrected chi connectivity index (χ4v) is 1.32. The summed E-state index contributed by atoms with van der Waals surface area (Å²) in [7, 11) is 3.55. The Morgan fingerprint density at radius 1 is 1.47 bits per heavy atom. The van der Waals surface area contributed by atoms with E-state index in [9.17, 15) is 0 Å². The molecule has 0 saturated carbocycles. The van der Waals surface area contributed by atoms with Crippen LogP contribution >= 0.6 is 0 Å². The summed E-state index contributed by atoms with van der Waals surface area (Å²) < 4.78 is 5.17. The molecule has 0 spiro atoms. The molecule has 2 N–H and O–H groups in total. The third-order valence-electron chi connectivity index (χ3n) is 2.19. The van der Waals surface area contributed by atoms with Crippen LogP contribution in [0, 0.1) is 0 Å². The van der Waals surface area contributed by atoms with Gasteiger partial charge in [-0.1, -0.05) is 0 Å². The second-order valence-corrected chi connectivity index (χ2v) is 3.27. The minimum absolute atomic E-state index is 0.189. The van der Waals surface area contributed by atoms with E-state index in [0.29, 0.717) is 5.88 Å². The highest BCUT2D eigenvalue weighted by Gasteiger charge is 2.11. The van der Waals surface area contributed by atoms with E-state index in [4.69, 9.17) is 4.74 Å². The van der Waals surface area contributed by atoms with Crippen molar-refractivity contribution in [3.8, 4) is 5.88 Å². The van der Waals surface area contributed by atoms with Gasteiger partial charge in [-0.05, 0) is 14.0 Å². The van der Waals surface area contributed by atoms with Crippen molar-refractivity contribution in [2.24, 2.45) is 0 Å². The Kier molecular flexibility index (Phi) is 5.00. The maximum Gasteiger partial charge on any atom is 0.220 e. The van der Waals surface area contributed by atoms with Crippen molar-refractivity contribution in [2.45, 2.75) is 13.0 Å². The number of hydrogen-bond donors (Lipinski definition) is 2. The molecule has 15 heavy (non-hydrogen) atoms. The summed E-state index contributed by atoms with van der Waals surface area (Å²) in [6.07, 6.45) is 3.27. The summed E-state index contributed by atoms with van der Waals surface area (Å²) in [5, 5.41) is 6.43. The van der Waals surface area contributed by atoms with Crippen LogP contribution in [0.5, 0.6) is 5.88 Å². The molecule has 1 unspecified atom stereocenters.